The number of benzene rings is 1. The second kappa shape index (κ2) is 4.66. The minimum Gasteiger partial charge on any atom is -0.387 e. The van der Waals surface area contributed by atoms with Gasteiger partial charge < -0.3 is 10.8 Å². The molecule has 3 N–H and O–H groups in total. The predicted molar refractivity (Wildman–Crippen MR) is 53.0 cm³/mol. The molecule has 1 unspecified atom stereocenters. The quantitative estimate of drug-likeness (QED) is 0.669. The lowest BCUT2D eigenvalue weighted by Gasteiger charge is -2.11. The molecule has 0 aliphatic rings. The number of nitrogens with two attached hydrogens (primary N) is 1. The van der Waals surface area contributed by atoms with Gasteiger partial charge in [-0.25, -0.2) is 0 Å². The SMILES string of the molecule is C#CCc1ccccc1C(O)CN. The molecule has 0 fully saturated rings. The van der Waals surface area contributed by atoms with Crippen LogP contribution in [0.1, 0.15) is 17.2 Å². The topological polar surface area (TPSA) is 46.2 Å². The highest BCUT2D eigenvalue weighted by Gasteiger charge is 2.08. The lowest BCUT2D eigenvalue weighted by molar-refractivity contribution is 0.186. The molecule has 2 nitrogen and oxygen atoms in total. The first-order valence-corrected chi connectivity index (χ1v) is 4.19. The molecule has 13 heavy (non-hydrogen) atoms. The first-order valence-electron chi connectivity index (χ1n) is 4.19. The molecule has 0 aromatic heterocycles. The molecule has 0 aliphatic heterocycles. The van der Waals surface area contributed by atoms with Crippen LogP contribution in [-0.2, 0) is 6.42 Å². The van der Waals surface area contributed by atoms with Gasteiger partial charge in [0.1, 0.15) is 0 Å². The van der Waals surface area contributed by atoms with E-state index >= 15 is 0 Å². The lowest BCUT2D eigenvalue weighted by atomic mass is 10.0. The van der Waals surface area contributed by atoms with E-state index in [2.05, 4.69) is 5.92 Å². The van der Waals surface area contributed by atoms with Gasteiger partial charge in [-0.3, -0.25) is 0 Å². The van der Waals surface area contributed by atoms with Gasteiger partial charge in [0.25, 0.3) is 0 Å². The van der Waals surface area contributed by atoms with E-state index in [0.29, 0.717) is 6.42 Å². The van der Waals surface area contributed by atoms with Crippen LogP contribution in [0, 0.1) is 12.3 Å². The van der Waals surface area contributed by atoms with Crippen molar-refractivity contribution in [3.05, 3.63) is 35.4 Å². The van der Waals surface area contributed by atoms with E-state index in [9.17, 15) is 5.11 Å². The van der Waals surface area contributed by atoms with Crippen LogP contribution in [-0.4, -0.2) is 11.7 Å². The summed E-state index contributed by atoms with van der Waals surface area (Å²) >= 11 is 0. The summed E-state index contributed by atoms with van der Waals surface area (Å²) in [6.45, 7) is 0.224. The Morgan fingerprint density at radius 2 is 2.15 bits per heavy atom. The second-order valence-corrected chi connectivity index (χ2v) is 2.83. The first kappa shape index (κ1) is 9.79. The Hall–Kier alpha value is -1.30. The standard InChI is InChI=1S/C11H13NO/c1-2-5-9-6-3-4-7-10(9)11(13)8-12/h1,3-4,6-7,11,13H,5,8,12H2. The number of hydrogen-bond acceptors (Lipinski definition) is 2. The number of aliphatic hydroxyl groups is 1. The van der Waals surface area contributed by atoms with Crippen LogP contribution in [0.4, 0.5) is 0 Å². The van der Waals surface area contributed by atoms with E-state index in [4.69, 9.17) is 12.2 Å². The average molecular weight is 175 g/mol. The van der Waals surface area contributed by atoms with Gasteiger partial charge in [0.05, 0.1) is 6.10 Å². The van der Waals surface area contributed by atoms with Gasteiger partial charge in [0.15, 0.2) is 0 Å². The average Bonchev–Trinajstić information content (AvgIpc) is 2.18. The summed E-state index contributed by atoms with van der Waals surface area (Å²) < 4.78 is 0. The van der Waals surface area contributed by atoms with Gasteiger partial charge in [-0.05, 0) is 11.1 Å². The molecule has 1 rings (SSSR count). The Labute approximate surface area is 78.4 Å². The van der Waals surface area contributed by atoms with Crippen LogP contribution < -0.4 is 5.73 Å². The molecule has 1 aromatic carbocycles. The fraction of sp³-hybridized carbons (Fsp3) is 0.273. The third-order valence-electron chi connectivity index (χ3n) is 1.93. The van der Waals surface area contributed by atoms with Crippen LogP contribution in [0.5, 0.6) is 0 Å². The zero-order valence-corrected chi connectivity index (χ0v) is 7.40. The maximum absolute atomic E-state index is 9.54. The molecule has 0 saturated carbocycles. The van der Waals surface area contributed by atoms with Crippen molar-refractivity contribution in [2.75, 3.05) is 6.54 Å². The molecule has 0 radical (unpaired) electrons. The Balaban J connectivity index is 2.98. The minimum atomic E-state index is -0.607. The van der Waals surface area contributed by atoms with Crippen molar-refractivity contribution < 1.29 is 5.11 Å². The molecule has 0 spiro atoms. The summed E-state index contributed by atoms with van der Waals surface area (Å²) in [7, 11) is 0. The Morgan fingerprint density at radius 1 is 1.46 bits per heavy atom. The van der Waals surface area contributed by atoms with Gasteiger partial charge in [0.2, 0.25) is 0 Å². The number of rotatable bonds is 3. The summed E-state index contributed by atoms with van der Waals surface area (Å²) in [5, 5.41) is 9.54. The maximum atomic E-state index is 9.54. The largest absolute Gasteiger partial charge is 0.387 e. The fourth-order valence-electron chi connectivity index (χ4n) is 1.26. The van der Waals surface area contributed by atoms with Crippen molar-refractivity contribution in [1.82, 2.24) is 0 Å². The van der Waals surface area contributed by atoms with Crippen LogP contribution in [0.2, 0.25) is 0 Å². The molecule has 1 aromatic rings. The second-order valence-electron chi connectivity index (χ2n) is 2.83. The zero-order valence-electron chi connectivity index (χ0n) is 7.40. The monoisotopic (exact) mass is 175 g/mol. The van der Waals surface area contributed by atoms with E-state index in [1.807, 2.05) is 24.3 Å². The number of terminal acetylenes is 1. The van der Waals surface area contributed by atoms with Gasteiger partial charge in [0, 0.05) is 13.0 Å². The van der Waals surface area contributed by atoms with Gasteiger partial charge >= 0.3 is 0 Å². The van der Waals surface area contributed by atoms with Crippen LogP contribution in [0.15, 0.2) is 24.3 Å². The molecule has 0 aliphatic carbocycles. The van der Waals surface area contributed by atoms with Gasteiger partial charge in [-0.15, -0.1) is 12.3 Å². The van der Waals surface area contributed by atoms with Crippen LogP contribution in [0.3, 0.4) is 0 Å². The van der Waals surface area contributed by atoms with E-state index in [0.717, 1.165) is 11.1 Å². The Morgan fingerprint density at radius 3 is 2.77 bits per heavy atom. The molecule has 2 heteroatoms. The molecule has 0 bridgehead atoms. The predicted octanol–water partition coefficient (Wildman–Crippen LogP) is 0.854. The van der Waals surface area contributed by atoms with Crippen LogP contribution in [0.25, 0.3) is 0 Å². The van der Waals surface area contributed by atoms with Crippen molar-refractivity contribution in [3.8, 4) is 12.3 Å². The third-order valence-corrected chi connectivity index (χ3v) is 1.93. The van der Waals surface area contributed by atoms with Crippen LogP contribution >= 0.6 is 0 Å². The number of hydrogen-bond donors (Lipinski definition) is 2. The molecule has 0 amide bonds. The third kappa shape index (κ3) is 2.32. The van der Waals surface area contributed by atoms with Gasteiger partial charge in [-0.1, -0.05) is 24.3 Å². The normalized spacial score (nSPS) is 12.1. The smallest absolute Gasteiger partial charge is 0.0915 e. The number of aliphatic hydroxyl groups excluding tert-OH is 1. The summed E-state index contributed by atoms with van der Waals surface area (Å²) in [5.41, 5.74) is 7.18. The van der Waals surface area contributed by atoms with E-state index in [1.54, 1.807) is 0 Å². The summed E-state index contributed by atoms with van der Waals surface area (Å²) in [6, 6.07) is 7.53. The molecule has 0 saturated heterocycles. The maximum Gasteiger partial charge on any atom is 0.0915 e. The fourth-order valence-corrected chi connectivity index (χ4v) is 1.26. The van der Waals surface area contributed by atoms with Crippen molar-refractivity contribution >= 4 is 0 Å². The van der Waals surface area contributed by atoms with Crippen molar-refractivity contribution in [1.29, 1.82) is 0 Å². The highest BCUT2D eigenvalue weighted by Crippen LogP contribution is 2.17. The van der Waals surface area contributed by atoms with Crippen molar-refractivity contribution in [2.24, 2.45) is 5.73 Å². The van der Waals surface area contributed by atoms with Gasteiger partial charge in [-0.2, -0.15) is 0 Å². The molecular weight excluding hydrogens is 162 g/mol. The first-order chi connectivity index (χ1) is 6.29. The van der Waals surface area contributed by atoms with E-state index in [1.165, 1.54) is 0 Å². The molecular formula is C11H13NO. The molecule has 68 valence electrons. The molecule has 0 heterocycles. The summed E-state index contributed by atoms with van der Waals surface area (Å²) in [5.74, 6) is 2.55. The highest BCUT2D eigenvalue weighted by atomic mass is 16.3. The summed E-state index contributed by atoms with van der Waals surface area (Å²) in [4.78, 5) is 0. The van der Waals surface area contributed by atoms with E-state index < -0.39 is 6.10 Å². The lowest BCUT2D eigenvalue weighted by Crippen LogP contribution is -2.13. The summed E-state index contributed by atoms with van der Waals surface area (Å²) in [6.07, 6.45) is 5.14. The van der Waals surface area contributed by atoms with Crippen molar-refractivity contribution in [3.63, 3.8) is 0 Å². The minimum absolute atomic E-state index is 0.224. The zero-order chi connectivity index (χ0) is 9.68. The van der Waals surface area contributed by atoms with E-state index in [-0.39, 0.29) is 6.54 Å². The highest BCUT2D eigenvalue weighted by molar-refractivity contribution is 5.31. The molecule has 1 atom stereocenters. The Bertz CT molecular complexity index is 314. The Kier molecular flexibility index (Phi) is 3.51. The van der Waals surface area contributed by atoms with Crippen molar-refractivity contribution in [2.45, 2.75) is 12.5 Å².